The van der Waals surface area contributed by atoms with Crippen molar-refractivity contribution in [2.24, 2.45) is 5.92 Å². The van der Waals surface area contributed by atoms with E-state index in [-0.39, 0.29) is 5.56 Å². The number of fused-ring (bicyclic) bond motifs is 3. The second-order valence-electron chi connectivity index (χ2n) is 7.66. The standard InChI is InChI=1S/C22H26N2O2S2/c1-14(2)12-13-27-22-23-20-19(17-6-4-5-7-18(17)28-20)21(25)24(22)15-8-10-16(26-3)11-9-15/h8-11,14H,4-7,12-13H2,1-3H3. The maximum atomic E-state index is 13.6. The topological polar surface area (TPSA) is 44.1 Å². The van der Waals surface area contributed by atoms with Gasteiger partial charge in [-0.15, -0.1) is 11.3 Å². The highest BCUT2D eigenvalue weighted by atomic mass is 32.2. The molecule has 0 amide bonds. The van der Waals surface area contributed by atoms with Crippen molar-refractivity contribution in [1.82, 2.24) is 9.55 Å². The van der Waals surface area contributed by atoms with E-state index in [1.54, 1.807) is 34.8 Å². The van der Waals surface area contributed by atoms with Gasteiger partial charge < -0.3 is 4.74 Å². The van der Waals surface area contributed by atoms with Gasteiger partial charge in [-0.1, -0.05) is 25.6 Å². The van der Waals surface area contributed by atoms with Crippen LogP contribution in [0.3, 0.4) is 0 Å². The van der Waals surface area contributed by atoms with Crippen LogP contribution < -0.4 is 10.3 Å². The Balaban J connectivity index is 1.87. The molecule has 0 saturated heterocycles. The fraction of sp³-hybridized carbons (Fsp3) is 0.455. The van der Waals surface area contributed by atoms with Gasteiger partial charge in [-0.25, -0.2) is 4.98 Å². The minimum atomic E-state index is 0.0709. The average Bonchev–Trinajstić information content (AvgIpc) is 3.06. The van der Waals surface area contributed by atoms with Gasteiger partial charge >= 0.3 is 0 Å². The molecular formula is C22H26N2O2S2. The van der Waals surface area contributed by atoms with Crippen LogP contribution in [-0.4, -0.2) is 22.4 Å². The first-order valence-corrected chi connectivity index (χ1v) is 11.7. The number of rotatable bonds is 6. The summed E-state index contributed by atoms with van der Waals surface area (Å²) in [5, 5.41) is 1.63. The first-order valence-electron chi connectivity index (χ1n) is 9.93. The lowest BCUT2D eigenvalue weighted by atomic mass is 9.97. The Morgan fingerprint density at radius 3 is 2.68 bits per heavy atom. The summed E-state index contributed by atoms with van der Waals surface area (Å²) in [4.78, 5) is 20.9. The number of aryl methyl sites for hydroxylation is 2. The highest BCUT2D eigenvalue weighted by Crippen LogP contribution is 2.35. The van der Waals surface area contributed by atoms with E-state index < -0.39 is 0 Å². The van der Waals surface area contributed by atoms with Crippen molar-refractivity contribution in [2.45, 2.75) is 51.1 Å². The van der Waals surface area contributed by atoms with Gasteiger partial charge in [0.2, 0.25) is 0 Å². The number of methoxy groups -OCH3 is 1. The van der Waals surface area contributed by atoms with E-state index in [9.17, 15) is 4.79 Å². The third kappa shape index (κ3) is 3.72. The van der Waals surface area contributed by atoms with Crippen molar-refractivity contribution < 1.29 is 4.74 Å². The number of nitrogens with zero attached hydrogens (tertiary/aromatic N) is 2. The Morgan fingerprint density at radius 2 is 1.96 bits per heavy atom. The number of thiophene rings is 1. The van der Waals surface area contributed by atoms with E-state index in [1.807, 2.05) is 24.3 Å². The zero-order valence-electron chi connectivity index (χ0n) is 16.7. The average molecular weight is 415 g/mol. The van der Waals surface area contributed by atoms with Gasteiger partial charge in [-0.05, 0) is 67.9 Å². The molecule has 0 aliphatic heterocycles. The molecular weight excluding hydrogens is 388 g/mol. The van der Waals surface area contributed by atoms with Crippen LogP contribution in [0.5, 0.6) is 5.75 Å². The van der Waals surface area contributed by atoms with E-state index in [0.29, 0.717) is 5.92 Å². The minimum absolute atomic E-state index is 0.0709. The lowest BCUT2D eigenvalue weighted by molar-refractivity contribution is 0.414. The van der Waals surface area contributed by atoms with Crippen molar-refractivity contribution in [3.63, 3.8) is 0 Å². The number of hydrogen-bond acceptors (Lipinski definition) is 5. The molecule has 0 saturated carbocycles. The summed E-state index contributed by atoms with van der Waals surface area (Å²) in [6.07, 6.45) is 5.54. The van der Waals surface area contributed by atoms with Crippen molar-refractivity contribution >= 4 is 33.3 Å². The monoisotopic (exact) mass is 414 g/mol. The third-order valence-corrected chi connectivity index (χ3v) is 7.37. The van der Waals surface area contributed by atoms with Crippen molar-refractivity contribution in [1.29, 1.82) is 0 Å². The summed E-state index contributed by atoms with van der Waals surface area (Å²) >= 11 is 3.40. The van der Waals surface area contributed by atoms with Crippen LogP contribution in [-0.2, 0) is 12.8 Å². The molecule has 148 valence electrons. The quantitative estimate of drug-likeness (QED) is 0.396. The first kappa shape index (κ1) is 19.5. The largest absolute Gasteiger partial charge is 0.497 e. The summed E-state index contributed by atoms with van der Waals surface area (Å²) in [5.41, 5.74) is 2.16. The lowest BCUT2D eigenvalue weighted by Gasteiger charge is -2.14. The van der Waals surface area contributed by atoms with E-state index in [2.05, 4.69) is 13.8 Å². The second-order valence-corrected chi connectivity index (χ2v) is 9.80. The summed E-state index contributed by atoms with van der Waals surface area (Å²) in [6, 6.07) is 7.69. The van der Waals surface area contributed by atoms with Crippen molar-refractivity contribution in [3.05, 3.63) is 45.1 Å². The summed E-state index contributed by atoms with van der Waals surface area (Å²) in [6.45, 7) is 4.45. The summed E-state index contributed by atoms with van der Waals surface area (Å²) in [5.74, 6) is 2.37. The normalized spacial score (nSPS) is 13.9. The molecule has 2 heterocycles. The van der Waals surface area contributed by atoms with Gasteiger partial charge in [0.05, 0.1) is 18.2 Å². The fourth-order valence-corrected chi connectivity index (χ4v) is 6.18. The molecule has 3 aromatic rings. The smallest absolute Gasteiger partial charge is 0.267 e. The number of benzene rings is 1. The molecule has 4 rings (SSSR count). The molecule has 2 aromatic heterocycles. The Labute approximate surface area is 174 Å². The van der Waals surface area contributed by atoms with Gasteiger partial charge in [-0.2, -0.15) is 0 Å². The Hall–Kier alpha value is -1.79. The molecule has 0 radical (unpaired) electrons. The molecule has 4 nitrogen and oxygen atoms in total. The molecule has 0 unspecified atom stereocenters. The number of aromatic nitrogens is 2. The maximum absolute atomic E-state index is 13.6. The van der Waals surface area contributed by atoms with Gasteiger partial charge in [0.25, 0.3) is 5.56 Å². The van der Waals surface area contributed by atoms with E-state index >= 15 is 0 Å². The van der Waals surface area contributed by atoms with Crippen LogP contribution >= 0.6 is 23.1 Å². The van der Waals surface area contributed by atoms with Crippen LogP contribution in [0.25, 0.3) is 15.9 Å². The van der Waals surface area contributed by atoms with Crippen molar-refractivity contribution in [3.8, 4) is 11.4 Å². The van der Waals surface area contributed by atoms with E-state index in [1.165, 1.54) is 16.9 Å². The SMILES string of the molecule is COc1ccc(-n2c(SCCC(C)C)nc3sc4c(c3c2=O)CCCC4)cc1. The molecule has 0 N–H and O–H groups in total. The van der Waals surface area contributed by atoms with E-state index in [4.69, 9.17) is 9.72 Å². The molecule has 1 aliphatic carbocycles. The molecule has 0 fully saturated rings. The minimum Gasteiger partial charge on any atom is -0.497 e. The molecule has 0 atom stereocenters. The van der Waals surface area contributed by atoms with Crippen LogP contribution in [0.1, 0.15) is 43.6 Å². The molecule has 0 spiro atoms. The Bertz CT molecular complexity index is 1040. The lowest BCUT2D eigenvalue weighted by Crippen LogP contribution is -2.22. The van der Waals surface area contributed by atoms with Gasteiger partial charge in [0.15, 0.2) is 5.16 Å². The number of ether oxygens (including phenoxy) is 1. The third-order valence-electron chi connectivity index (χ3n) is 5.22. The number of hydrogen-bond donors (Lipinski definition) is 0. The van der Waals surface area contributed by atoms with E-state index in [0.717, 1.165) is 58.2 Å². The predicted molar refractivity (Wildman–Crippen MR) is 119 cm³/mol. The second kappa shape index (κ2) is 8.29. The van der Waals surface area contributed by atoms with Crippen LogP contribution in [0.4, 0.5) is 0 Å². The molecule has 1 aliphatic rings. The molecule has 1 aromatic carbocycles. The van der Waals surface area contributed by atoms with Crippen LogP contribution in [0, 0.1) is 5.92 Å². The van der Waals surface area contributed by atoms with Gasteiger partial charge in [0.1, 0.15) is 10.6 Å². The highest BCUT2D eigenvalue weighted by molar-refractivity contribution is 7.99. The zero-order valence-corrected chi connectivity index (χ0v) is 18.3. The Morgan fingerprint density at radius 1 is 1.21 bits per heavy atom. The molecule has 28 heavy (non-hydrogen) atoms. The highest BCUT2D eigenvalue weighted by Gasteiger charge is 2.22. The van der Waals surface area contributed by atoms with Gasteiger partial charge in [0, 0.05) is 10.6 Å². The summed E-state index contributed by atoms with van der Waals surface area (Å²) in [7, 11) is 1.65. The molecule has 6 heteroatoms. The molecule has 0 bridgehead atoms. The van der Waals surface area contributed by atoms with Crippen LogP contribution in [0.15, 0.2) is 34.2 Å². The van der Waals surface area contributed by atoms with Gasteiger partial charge in [-0.3, -0.25) is 9.36 Å². The predicted octanol–water partition coefficient (Wildman–Crippen LogP) is 5.47. The fourth-order valence-electron chi connectivity index (χ4n) is 3.63. The van der Waals surface area contributed by atoms with Crippen molar-refractivity contribution in [2.75, 3.05) is 12.9 Å². The maximum Gasteiger partial charge on any atom is 0.267 e. The van der Waals surface area contributed by atoms with Crippen LogP contribution in [0.2, 0.25) is 0 Å². The zero-order chi connectivity index (χ0) is 19.7. The Kier molecular flexibility index (Phi) is 5.78. The first-order chi connectivity index (χ1) is 13.6. The number of thioether (sulfide) groups is 1. The summed E-state index contributed by atoms with van der Waals surface area (Å²) < 4.78 is 7.08.